The number of carbonyl (C=O) groups excluding carboxylic acids is 3. The van der Waals surface area contributed by atoms with Gasteiger partial charge >= 0.3 is 5.97 Å². The molecule has 1 fully saturated rings. The number of esters is 1. The fraction of sp³-hybridized carbons (Fsp3) is 0.643. The predicted octanol–water partition coefficient (Wildman–Crippen LogP) is 1.97. The van der Waals surface area contributed by atoms with Crippen molar-refractivity contribution in [2.24, 2.45) is 5.92 Å². The largest absolute Gasteiger partial charge is 0.460 e. The smallest absolute Gasteiger partial charge is 0.316 e. The maximum Gasteiger partial charge on any atom is 0.316 e. The summed E-state index contributed by atoms with van der Waals surface area (Å²) in [4.78, 5) is 34.9. The molecular formula is C14H18O4. The summed E-state index contributed by atoms with van der Waals surface area (Å²) in [7, 11) is 0. The first-order chi connectivity index (χ1) is 8.68. The Morgan fingerprint density at radius 2 is 2.06 bits per heavy atom. The number of hydrogen-bond acceptors (Lipinski definition) is 4. The minimum absolute atomic E-state index is 0.0183. The molecule has 0 radical (unpaired) electrons. The van der Waals surface area contributed by atoms with Crippen LogP contribution < -0.4 is 0 Å². The maximum atomic E-state index is 11.8. The standard InChI is InChI=1S/C14H18O4/c15-12-7-3-1-5-10(12)9-18-14(17)11-6-2-4-8-13(11)16/h5,11H,1-4,6-9H2. The second-order valence-electron chi connectivity index (χ2n) is 4.92. The van der Waals surface area contributed by atoms with Crippen LogP contribution in [0.4, 0.5) is 0 Å². The monoisotopic (exact) mass is 250 g/mol. The van der Waals surface area contributed by atoms with Gasteiger partial charge in [-0.05, 0) is 25.7 Å². The van der Waals surface area contributed by atoms with Crippen molar-refractivity contribution in [2.45, 2.75) is 44.9 Å². The lowest BCUT2D eigenvalue weighted by Gasteiger charge is -2.19. The summed E-state index contributed by atoms with van der Waals surface area (Å²) in [6, 6.07) is 0. The predicted molar refractivity (Wildman–Crippen MR) is 64.9 cm³/mol. The molecule has 2 aliphatic rings. The number of allylic oxidation sites excluding steroid dienone is 1. The highest BCUT2D eigenvalue weighted by atomic mass is 16.5. The third-order valence-electron chi connectivity index (χ3n) is 3.57. The topological polar surface area (TPSA) is 60.4 Å². The number of Topliss-reactive ketones (excluding diaryl/α,β-unsaturated/α-hetero) is 2. The van der Waals surface area contributed by atoms with E-state index < -0.39 is 11.9 Å². The number of rotatable bonds is 3. The van der Waals surface area contributed by atoms with E-state index in [1.54, 1.807) is 0 Å². The van der Waals surface area contributed by atoms with Crippen molar-refractivity contribution in [3.05, 3.63) is 11.6 Å². The van der Waals surface area contributed by atoms with E-state index in [4.69, 9.17) is 4.74 Å². The molecule has 98 valence electrons. The average Bonchev–Trinajstić information content (AvgIpc) is 2.38. The third kappa shape index (κ3) is 3.06. The molecule has 0 N–H and O–H groups in total. The Morgan fingerprint density at radius 1 is 1.22 bits per heavy atom. The molecule has 1 unspecified atom stereocenters. The molecule has 2 rings (SSSR count). The fourth-order valence-electron chi connectivity index (χ4n) is 2.43. The second kappa shape index (κ2) is 5.94. The lowest BCUT2D eigenvalue weighted by molar-refractivity contribution is -0.152. The van der Waals surface area contributed by atoms with Gasteiger partial charge in [-0.1, -0.05) is 12.5 Å². The SMILES string of the molecule is O=C1CCCC=C1COC(=O)C1CCCCC1=O. The van der Waals surface area contributed by atoms with E-state index in [9.17, 15) is 14.4 Å². The van der Waals surface area contributed by atoms with Crippen molar-refractivity contribution in [3.8, 4) is 0 Å². The van der Waals surface area contributed by atoms with Gasteiger partial charge in [0.25, 0.3) is 0 Å². The number of ether oxygens (including phenoxy) is 1. The molecule has 0 amide bonds. The molecule has 1 saturated carbocycles. The van der Waals surface area contributed by atoms with E-state index in [0.29, 0.717) is 24.8 Å². The molecule has 0 aliphatic heterocycles. The van der Waals surface area contributed by atoms with Gasteiger partial charge in [0.15, 0.2) is 5.78 Å². The third-order valence-corrected chi connectivity index (χ3v) is 3.57. The average molecular weight is 250 g/mol. The lowest BCUT2D eigenvalue weighted by atomic mass is 9.88. The van der Waals surface area contributed by atoms with E-state index >= 15 is 0 Å². The second-order valence-corrected chi connectivity index (χ2v) is 4.92. The summed E-state index contributed by atoms with van der Waals surface area (Å²) >= 11 is 0. The minimum atomic E-state index is -0.599. The highest BCUT2D eigenvalue weighted by molar-refractivity contribution is 6.00. The highest BCUT2D eigenvalue weighted by Crippen LogP contribution is 2.22. The van der Waals surface area contributed by atoms with Gasteiger partial charge in [0.2, 0.25) is 0 Å². The van der Waals surface area contributed by atoms with Gasteiger partial charge in [-0.3, -0.25) is 14.4 Å². The van der Waals surface area contributed by atoms with Crippen LogP contribution in [0.15, 0.2) is 11.6 Å². The quantitative estimate of drug-likeness (QED) is 0.567. The summed E-state index contributed by atoms with van der Waals surface area (Å²) in [5, 5.41) is 0. The molecule has 0 aromatic heterocycles. The van der Waals surface area contributed by atoms with Crippen LogP contribution in [0, 0.1) is 5.92 Å². The molecule has 4 heteroatoms. The molecule has 4 nitrogen and oxygen atoms in total. The summed E-state index contributed by atoms with van der Waals surface area (Å²) in [6.07, 6.45) is 6.93. The minimum Gasteiger partial charge on any atom is -0.460 e. The van der Waals surface area contributed by atoms with Crippen LogP contribution in [0.3, 0.4) is 0 Å². The molecular weight excluding hydrogens is 232 g/mol. The van der Waals surface area contributed by atoms with Gasteiger partial charge < -0.3 is 4.74 Å². The first-order valence-electron chi connectivity index (χ1n) is 6.60. The van der Waals surface area contributed by atoms with Crippen LogP contribution in [0.1, 0.15) is 44.9 Å². The Morgan fingerprint density at radius 3 is 2.78 bits per heavy atom. The fourth-order valence-corrected chi connectivity index (χ4v) is 2.43. The van der Waals surface area contributed by atoms with Crippen LogP contribution in [-0.2, 0) is 19.1 Å². The van der Waals surface area contributed by atoms with Crippen molar-refractivity contribution in [1.82, 2.24) is 0 Å². The molecule has 0 heterocycles. The summed E-state index contributed by atoms with van der Waals surface area (Å²) in [6.45, 7) is 0.0292. The molecule has 0 aromatic carbocycles. The molecule has 0 saturated heterocycles. The van der Waals surface area contributed by atoms with Gasteiger partial charge in [-0.15, -0.1) is 0 Å². The molecule has 0 bridgehead atoms. The molecule has 0 spiro atoms. The zero-order chi connectivity index (χ0) is 13.0. The number of ketones is 2. The summed E-state index contributed by atoms with van der Waals surface area (Å²) < 4.78 is 5.11. The molecule has 18 heavy (non-hydrogen) atoms. The zero-order valence-corrected chi connectivity index (χ0v) is 10.4. The normalized spacial score (nSPS) is 24.7. The van der Waals surface area contributed by atoms with Gasteiger partial charge in [0.1, 0.15) is 18.3 Å². The first-order valence-corrected chi connectivity index (χ1v) is 6.60. The number of carbonyl (C=O) groups is 3. The van der Waals surface area contributed by atoms with E-state index in [1.165, 1.54) is 0 Å². The van der Waals surface area contributed by atoms with Crippen molar-refractivity contribution in [2.75, 3.05) is 6.61 Å². The zero-order valence-electron chi connectivity index (χ0n) is 10.4. The van der Waals surface area contributed by atoms with Crippen LogP contribution in [0.5, 0.6) is 0 Å². The Hall–Kier alpha value is -1.45. The van der Waals surface area contributed by atoms with Crippen molar-refractivity contribution in [3.63, 3.8) is 0 Å². The Labute approximate surface area is 106 Å². The van der Waals surface area contributed by atoms with Crippen LogP contribution in [0.25, 0.3) is 0 Å². The maximum absolute atomic E-state index is 11.8. The molecule has 0 aromatic rings. The van der Waals surface area contributed by atoms with Crippen molar-refractivity contribution < 1.29 is 19.1 Å². The van der Waals surface area contributed by atoms with Gasteiger partial charge in [-0.2, -0.15) is 0 Å². The van der Waals surface area contributed by atoms with E-state index in [2.05, 4.69) is 0 Å². The first kappa shape index (κ1) is 13.0. The highest BCUT2D eigenvalue weighted by Gasteiger charge is 2.30. The van der Waals surface area contributed by atoms with E-state index in [0.717, 1.165) is 25.7 Å². The Kier molecular flexibility index (Phi) is 4.28. The van der Waals surface area contributed by atoms with Gasteiger partial charge in [0, 0.05) is 18.4 Å². The van der Waals surface area contributed by atoms with Gasteiger partial charge in [-0.25, -0.2) is 0 Å². The van der Waals surface area contributed by atoms with E-state index in [-0.39, 0.29) is 18.2 Å². The Balaban J connectivity index is 1.86. The Bertz CT molecular complexity index is 395. The van der Waals surface area contributed by atoms with Crippen LogP contribution in [0.2, 0.25) is 0 Å². The molecule has 1 atom stereocenters. The number of hydrogen-bond donors (Lipinski definition) is 0. The summed E-state index contributed by atoms with van der Waals surface area (Å²) in [5.41, 5.74) is 0.581. The van der Waals surface area contributed by atoms with Crippen molar-refractivity contribution in [1.29, 1.82) is 0 Å². The van der Waals surface area contributed by atoms with Crippen molar-refractivity contribution >= 4 is 17.5 Å². The van der Waals surface area contributed by atoms with Crippen LogP contribution in [-0.4, -0.2) is 24.1 Å². The van der Waals surface area contributed by atoms with E-state index in [1.807, 2.05) is 6.08 Å². The molecule has 2 aliphatic carbocycles. The van der Waals surface area contributed by atoms with Gasteiger partial charge in [0.05, 0.1) is 0 Å². The van der Waals surface area contributed by atoms with Crippen LogP contribution >= 0.6 is 0 Å². The summed E-state index contributed by atoms with van der Waals surface area (Å²) in [5.74, 6) is -1.02. The lowest BCUT2D eigenvalue weighted by Crippen LogP contribution is -2.29.